The molecule has 0 aliphatic heterocycles. The van der Waals surface area contributed by atoms with Gasteiger partial charge < -0.3 is 4.90 Å². The molecule has 0 saturated heterocycles. The fourth-order valence-corrected chi connectivity index (χ4v) is 2.60. The van der Waals surface area contributed by atoms with Crippen LogP contribution in [-0.4, -0.2) is 24.5 Å². The lowest BCUT2D eigenvalue weighted by molar-refractivity contribution is 0.725. The Morgan fingerprint density at radius 3 is 2.60 bits per heavy atom. The van der Waals surface area contributed by atoms with Crippen LogP contribution < -0.4 is 4.90 Å². The summed E-state index contributed by atoms with van der Waals surface area (Å²) in [7, 11) is 4.00. The second-order valence-electron chi connectivity index (χ2n) is 4.40. The zero-order chi connectivity index (χ0) is 10.8. The van der Waals surface area contributed by atoms with E-state index in [1.807, 2.05) is 25.2 Å². The highest BCUT2D eigenvalue weighted by Crippen LogP contribution is 2.37. The number of hydrogen-bond donors (Lipinski definition) is 0. The van der Waals surface area contributed by atoms with Crippen LogP contribution >= 0.6 is 11.6 Å². The van der Waals surface area contributed by atoms with Gasteiger partial charge in [0.2, 0.25) is 0 Å². The van der Waals surface area contributed by atoms with Crippen molar-refractivity contribution in [3.8, 4) is 0 Å². The smallest absolute Gasteiger partial charge is 0.127 e. The van der Waals surface area contributed by atoms with Crippen molar-refractivity contribution in [3.63, 3.8) is 0 Å². The lowest BCUT2D eigenvalue weighted by Crippen LogP contribution is -2.11. The maximum atomic E-state index is 6.28. The number of rotatable bonds is 2. The number of alkyl halides is 1. The fraction of sp³-hybridized carbons (Fsp3) is 0.583. The number of anilines is 1. The van der Waals surface area contributed by atoms with Crippen LogP contribution in [0.4, 0.5) is 5.82 Å². The van der Waals surface area contributed by atoms with Crippen molar-refractivity contribution in [1.82, 2.24) is 4.98 Å². The van der Waals surface area contributed by atoms with Gasteiger partial charge in [0.05, 0.1) is 0 Å². The molecule has 0 bridgehead atoms. The van der Waals surface area contributed by atoms with E-state index in [1.54, 1.807) is 0 Å². The first-order valence-corrected chi connectivity index (χ1v) is 5.89. The zero-order valence-corrected chi connectivity index (χ0v) is 10.0. The maximum absolute atomic E-state index is 6.28. The van der Waals surface area contributed by atoms with Crippen LogP contribution in [0.15, 0.2) is 18.3 Å². The summed E-state index contributed by atoms with van der Waals surface area (Å²) >= 11 is 6.28. The highest BCUT2D eigenvalue weighted by atomic mass is 35.5. The summed E-state index contributed by atoms with van der Waals surface area (Å²) in [6.45, 7) is 0. The van der Waals surface area contributed by atoms with Crippen molar-refractivity contribution in [3.05, 3.63) is 23.9 Å². The molecule has 15 heavy (non-hydrogen) atoms. The summed E-state index contributed by atoms with van der Waals surface area (Å²) < 4.78 is 0. The molecular formula is C12H17ClN2. The molecule has 1 aliphatic carbocycles. The number of halogens is 1. The third kappa shape index (κ3) is 2.25. The summed E-state index contributed by atoms with van der Waals surface area (Å²) in [4.78, 5) is 6.44. The van der Waals surface area contributed by atoms with E-state index in [9.17, 15) is 0 Å². The summed E-state index contributed by atoms with van der Waals surface area (Å²) in [5.74, 6) is 1.51. The van der Waals surface area contributed by atoms with Gasteiger partial charge in [-0.2, -0.15) is 0 Å². The van der Waals surface area contributed by atoms with E-state index >= 15 is 0 Å². The number of hydrogen-bond acceptors (Lipinski definition) is 2. The Labute approximate surface area is 96.3 Å². The van der Waals surface area contributed by atoms with Gasteiger partial charge in [0.1, 0.15) is 5.82 Å². The minimum absolute atomic E-state index is 0.303. The third-order valence-corrected chi connectivity index (χ3v) is 3.61. The van der Waals surface area contributed by atoms with E-state index in [4.69, 9.17) is 11.6 Å². The summed E-state index contributed by atoms with van der Waals surface area (Å²) in [6.07, 6.45) is 5.56. The second kappa shape index (κ2) is 4.40. The lowest BCUT2D eigenvalue weighted by atomic mass is 9.99. The van der Waals surface area contributed by atoms with Gasteiger partial charge in [-0.25, -0.2) is 4.98 Å². The molecule has 1 aromatic heterocycles. The minimum Gasteiger partial charge on any atom is -0.363 e. The van der Waals surface area contributed by atoms with Crippen LogP contribution in [0.3, 0.4) is 0 Å². The SMILES string of the molecule is CN(C)c1ccc(C2CCCC2Cl)cn1. The van der Waals surface area contributed by atoms with Gasteiger partial charge in [0.15, 0.2) is 0 Å². The average molecular weight is 225 g/mol. The molecule has 1 fully saturated rings. The Bertz CT molecular complexity index is 321. The van der Waals surface area contributed by atoms with E-state index < -0.39 is 0 Å². The van der Waals surface area contributed by atoms with Crippen LogP contribution in [-0.2, 0) is 0 Å². The largest absolute Gasteiger partial charge is 0.363 e. The molecule has 0 spiro atoms. The number of aromatic nitrogens is 1. The van der Waals surface area contributed by atoms with Crippen LogP contribution in [0, 0.1) is 0 Å². The number of nitrogens with zero attached hydrogens (tertiary/aromatic N) is 2. The molecule has 1 saturated carbocycles. The Hall–Kier alpha value is -0.760. The predicted octanol–water partition coefficient (Wildman–Crippen LogP) is 3.02. The standard InChI is InChI=1S/C12H17ClN2/c1-15(2)12-7-6-9(8-14-12)10-4-3-5-11(10)13/h6-8,10-11H,3-5H2,1-2H3. The Morgan fingerprint density at radius 1 is 1.33 bits per heavy atom. The molecule has 2 nitrogen and oxygen atoms in total. The van der Waals surface area contributed by atoms with Crippen LogP contribution in [0.25, 0.3) is 0 Å². The first-order chi connectivity index (χ1) is 7.18. The van der Waals surface area contributed by atoms with Crippen molar-refractivity contribution in [2.24, 2.45) is 0 Å². The van der Waals surface area contributed by atoms with Gasteiger partial charge in [-0.15, -0.1) is 11.6 Å². The molecule has 2 unspecified atom stereocenters. The molecule has 3 heteroatoms. The molecule has 0 aromatic carbocycles. The van der Waals surface area contributed by atoms with E-state index in [1.165, 1.54) is 18.4 Å². The molecule has 1 aliphatic rings. The first kappa shape index (κ1) is 10.7. The van der Waals surface area contributed by atoms with Crippen molar-refractivity contribution in [1.29, 1.82) is 0 Å². The van der Waals surface area contributed by atoms with E-state index in [0.29, 0.717) is 11.3 Å². The maximum Gasteiger partial charge on any atom is 0.127 e. The predicted molar refractivity (Wildman–Crippen MR) is 64.8 cm³/mol. The molecule has 0 N–H and O–H groups in total. The Morgan fingerprint density at radius 2 is 2.13 bits per heavy atom. The van der Waals surface area contributed by atoms with Crippen molar-refractivity contribution in [2.75, 3.05) is 19.0 Å². The molecule has 0 amide bonds. The summed E-state index contributed by atoms with van der Waals surface area (Å²) in [5.41, 5.74) is 1.29. The van der Waals surface area contributed by atoms with Gasteiger partial charge in [-0.05, 0) is 24.5 Å². The molecular weight excluding hydrogens is 208 g/mol. The van der Waals surface area contributed by atoms with Gasteiger partial charge in [-0.3, -0.25) is 0 Å². The van der Waals surface area contributed by atoms with E-state index in [-0.39, 0.29) is 0 Å². The van der Waals surface area contributed by atoms with Gasteiger partial charge in [0.25, 0.3) is 0 Å². The zero-order valence-electron chi connectivity index (χ0n) is 9.28. The second-order valence-corrected chi connectivity index (χ2v) is 4.96. The first-order valence-electron chi connectivity index (χ1n) is 5.46. The quantitative estimate of drug-likeness (QED) is 0.718. The third-order valence-electron chi connectivity index (χ3n) is 3.09. The Balaban J connectivity index is 2.16. The van der Waals surface area contributed by atoms with Gasteiger partial charge in [-0.1, -0.05) is 12.5 Å². The van der Waals surface area contributed by atoms with Gasteiger partial charge in [0, 0.05) is 31.6 Å². The number of pyridine rings is 1. The topological polar surface area (TPSA) is 16.1 Å². The molecule has 1 aromatic rings. The van der Waals surface area contributed by atoms with Crippen molar-refractivity contribution in [2.45, 2.75) is 30.6 Å². The monoisotopic (exact) mass is 224 g/mol. The minimum atomic E-state index is 0.303. The molecule has 0 radical (unpaired) electrons. The Kier molecular flexibility index (Phi) is 3.15. The van der Waals surface area contributed by atoms with Crippen molar-refractivity contribution < 1.29 is 0 Å². The summed E-state index contributed by atoms with van der Waals surface area (Å²) in [6, 6.07) is 4.23. The average Bonchev–Trinajstić information content (AvgIpc) is 2.65. The van der Waals surface area contributed by atoms with Crippen LogP contribution in [0.1, 0.15) is 30.7 Å². The highest BCUT2D eigenvalue weighted by molar-refractivity contribution is 6.21. The molecule has 1 heterocycles. The van der Waals surface area contributed by atoms with Crippen molar-refractivity contribution >= 4 is 17.4 Å². The van der Waals surface area contributed by atoms with Crippen LogP contribution in [0.5, 0.6) is 0 Å². The summed E-state index contributed by atoms with van der Waals surface area (Å²) in [5, 5.41) is 0.303. The normalized spacial score (nSPS) is 25.5. The van der Waals surface area contributed by atoms with E-state index in [2.05, 4.69) is 17.1 Å². The molecule has 2 rings (SSSR count). The van der Waals surface area contributed by atoms with Gasteiger partial charge >= 0.3 is 0 Å². The lowest BCUT2D eigenvalue weighted by Gasteiger charge is -2.16. The molecule has 2 atom stereocenters. The van der Waals surface area contributed by atoms with Crippen LogP contribution in [0.2, 0.25) is 0 Å². The fourth-order valence-electron chi connectivity index (χ4n) is 2.17. The highest BCUT2D eigenvalue weighted by Gasteiger charge is 2.26. The molecule has 82 valence electrons. The van der Waals surface area contributed by atoms with E-state index in [0.717, 1.165) is 12.2 Å².